The quantitative estimate of drug-likeness (QED) is 0.897. The molecule has 0 spiro atoms. The van der Waals surface area contributed by atoms with Crippen LogP contribution in [0.15, 0.2) is 24.3 Å². The van der Waals surface area contributed by atoms with Crippen molar-refractivity contribution < 1.29 is 4.74 Å². The predicted molar refractivity (Wildman–Crippen MR) is 77.2 cm³/mol. The summed E-state index contributed by atoms with van der Waals surface area (Å²) in [6.07, 6.45) is 0. The fourth-order valence-electron chi connectivity index (χ4n) is 2.23. The van der Waals surface area contributed by atoms with Crippen molar-refractivity contribution in [3.05, 3.63) is 46.8 Å². The Morgan fingerprint density at radius 2 is 2.00 bits per heavy atom. The first-order valence-electron chi connectivity index (χ1n) is 6.43. The Morgan fingerprint density at radius 3 is 2.63 bits per heavy atom. The number of hydrogen-bond donors (Lipinski definition) is 1. The van der Waals surface area contributed by atoms with Gasteiger partial charge < -0.3 is 10.1 Å². The first-order chi connectivity index (χ1) is 9.13. The van der Waals surface area contributed by atoms with Crippen LogP contribution in [0.3, 0.4) is 0 Å². The molecule has 4 heteroatoms. The molecule has 4 nitrogen and oxygen atoms in total. The van der Waals surface area contributed by atoms with Gasteiger partial charge in [-0.15, -0.1) is 0 Å². The molecular weight excluding hydrogens is 238 g/mol. The maximum absolute atomic E-state index is 5.22. The van der Waals surface area contributed by atoms with Gasteiger partial charge >= 0.3 is 0 Å². The van der Waals surface area contributed by atoms with E-state index in [0.717, 1.165) is 17.9 Å². The fraction of sp³-hybridized carbons (Fsp3) is 0.400. The average molecular weight is 259 g/mol. The van der Waals surface area contributed by atoms with Crippen LogP contribution < -0.4 is 5.32 Å². The Balaban J connectivity index is 2.14. The third-order valence-electron chi connectivity index (χ3n) is 3.43. The Labute approximate surface area is 114 Å². The molecule has 102 valence electrons. The molecule has 0 atom stereocenters. The van der Waals surface area contributed by atoms with Crippen LogP contribution in [-0.2, 0) is 24.9 Å². The number of methoxy groups -OCH3 is 1. The summed E-state index contributed by atoms with van der Waals surface area (Å²) in [6.45, 7) is 5.55. The minimum absolute atomic E-state index is 0.619. The lowest BCUT2D eigenvalue weighted by Crippen LogP contribution is -2.05. The van der Waals surface area contributed by atoms with E-state index >= 15 is 0 Å². The molecule has 0 saturated carbocycles. The molecule has 0 aliphatic heterocycles. The zero-order chi connectivity index (χ0) is 13.8. The molecule has 19 heavy (non-hydrogen) atoms. The number of ether oxygens (including phenoxy) is 1. The van der Waals surface area contributed by atoms with E-state index < -0.39 is 0 Å². The summed E-state index contributed by atoms with van der Waals surface area (Å²) in [7, 11) is 3.69. The van der Waals surface area contributed by atoms with Crippen LogP contribution in [0.25, 0.3) is 0 Å². The third-order valence-corrected chi connectivity index (χ3v) is 3.43. The number of nitrogens with one attached hydrogen (secondary N) is 1. The number of para-hydroxylation sites is 1. The van der Waals surface area contributed by atoms with E-state index in [1.54, 1.807) is 7.11 Å². The smallest absolute Gasteiger partial charge is 0.0733 e. The van der Waals surface area contributed by atoms with Crippen LogP contribution in [0.5, 0.6) is 0 Å². The predicted octanol–water partition coefficient (Wildman–Crippen LogP) is 2.80. The van der Waals surface area contributed by atoms with E-state index in [0.29, 0.717) is 6.61 Å². The van der Waals surface area contributed by atoms with Crippen molar-refractivity contribution in [1.29, 1.82) is 0 Å². The zero-order valence-electron chi connectivity index (χ0n) is 12.0. The van der Waals surface area contributed by atoms with Gasteiger partial charge in [0, 0.05) is 43.2 Å². The monoisotopic (exact) mass is 259 g/mol. The summed E-state index contributed by atoms with van der Waals surface area (Å²) < 4.78 is 7.14. The number of hydrogen-bond acceptors (Lipinski definition) is 3. The van der Waals surface area contributed by atoms with Crippen molar-refractivity contribution in [1.82, 2.24) is 9.78 Å². The highest BCUT2D eigenvalue weighted by Crippen LogP contribution is 2.19. The van der Waals surface area contributed by atoms with Crippen molar-refractivity contribution >= 4 is 5.69 Å². The van der Waals surface area contributed by atoms with Gasteiger partial charge in [-0.1, -0.05) is 18.2 Å². The first kappa shape index (κ1) is 13.6. The van der Waals surface area contributed by atoms with Crippen LogP contribution in [0.2, 0.25) is 0 Å². The van der Waals surface area contributed by atoms with Crippen LogP contribution in [0, 0.1) is 13.8 Å². The Kier molecular flexibility index (Phi) is 4.22. The Hall–Kier alpha value is -1.81. The van der Waals surface area contributed by atoms with Gasteiger partial charge in [0.1, 0.15) is 0 Å². The molecule has 0 unspecified atom stereocenters. The van der Waals surface area contributed by atoms with Crippen LogP contribution >= 0.6 is 0 Å². The second kappa shape index (κ2) is 5.89. The van der Waals surface area contributed by atoms with Gasteiger partial charge in [0.05, 0.1) is 12.3 Å². The minimum Gasteiger partial charge on any atom is -0.381 e. The number of nitrogens with zero attached hydrogens (tertiary/aromatic N) is 2. The van der Waals surface area contributed by atoms with Crippen molar-refractivity contribution in [2.24, 2.45) is 7.05 Å². The highest BCUT2D eigenvalue weighted by Gasteiger charge is 2.09. The molecule has 1 aromatic heterocycles. The molecule has 0 amide bonds. The molecule has 2 rings (SSSR count). The van der Waals surface area contributed by atoms with Gasteiger partial charge in [-0.25, -0.2) is 0 Å². The topological polar surface area (TPSA) is 39.1 Å². The molecule has 0 aliphatic rings. The van der Waals surface area contributed by atoms with Crippen molar-refractivity contribution in [3.8, 4) is 0 Å². The summed E-state index contributed by atoms with van der Waals surface area (Å²) >= 11 is 0. The third kappa shape index (κ3) is 2.96. The molecular formula is C15H21N3O. The van der Waals surface area contributed by atoms with Crippen molar-refractivity contribution in [2.75, 3.05) is 12.4 Å². The number of rotatable bonds is 5. The molecule has 0 radical (unpaired) electrons. The Morgan fingerprint density at radius 1 is 1.26 bits per heavy atom. The highest BCUT2D eigenvalue weighted by molar-refractivity contribution is 5.51. The van der Waals surface area contributed by atoms with E-state index in [2.05, 4.69) is 29.5 Å². The fourth-order valence-corrected chi connectivity index (χ4v) is 2.23. The van der Waals surface area contributed by atoms with Crippen LogP contribution in [-0.4, -0.2) is 16.9 Å². The van der Waals surface area contributed by atoms with E-state index in [1.165, 1.54) is 16.8 Å². The van der Waals surface area contributed by atoms with E-state index in [4.69, 9.17) is 4.74 Å². The van der Waals surface area contributed by atoms with Gasteiger partial charge in [-0.2, -0.15) is 5.10 Å². The summed E-state index contributed by atoms with van der Waals surface area (Å²) in [5.41, 5.74) is 5.83. The average Bonchev–Trinajstić information content (AvgIpc) is 2.63. The lowest BCUT2D eigenvalue weighted by molar-refractivity contribution is 0.185. The molecule has 0 saturated heterocycles. The normalized spacial score (nSPS) is 10.7. The van der Waals surface area contributed by atoms with Gasteiger partial charge in [-0.3, -0.25) is 4.68 Å². The molecule has 0 fully saturated rings. The second-order valence-corrected chi connectivity index (χ2v) is 4.72. The standard InChI is InChI=1S/C15H21N3O/c1-11-14(12(2)18(3)17-11)9-16-15-8-6-5-7-13(15)10-19-4/h5-8,16H,9-10H2,1-4H3. The summed E-state index contributed by atoms with van der Waals surface area (Å²) in [5.74, 6) is 0. The van der Waals surface area contributed by atoms with Crippen LogP contribution in [0.4, 0.5) is 5.69 Å². The van der Waals surface area contributed by atoms with Crippen molar-refractivity contribution in [2.45, 2.75) is 27.0 Å². The molecule has 2 aromatic rings. The number of anilines is 1. The largest absolute Gasteiger partial charge is 0.381 e. The molecule has 1 N–H and O–H groups in total. The van der Waals surface area contributed by atoms with Gasteiger partial charge in [0.15, 0.2) is 0 Å². The minimum atomic E-state index is 0.619. The maximum Gasteiger partial charge on any atom is 0.0733 e. The zero-order valence-corrected chi connectivity index (χ0v) is 12.0. The SMILES string of the molecule is COCc1ccccc1NCc1c(C)nn(C)c1C. The van der Waals surface area contributed by atoms with E-state index in [9.17, 15) is 0 Å². The molecule has 1 heterocycles. The Bertz CT molecular complexity index is 561. The van der Waals surface area contributed by atoms with E-state index in [-0.39, 0.29) is 0 Å². The van der Waals surface area contributed by atoms with Crippen molar-refractivity contribution in [3.63, 3.8) is 0 Å². The second-order valence-electron chi connectivity index (χ2n) is 4.72. The van der Waals surface area contributed by atoms with Crippen LogP contribution in [0.1, 0.15) is 22.5 Å². The molecule has 0 bridgehead atoms. The number of benzene rings is 1. The lowest BCUT2D eigenvalue weighted by atomic mass is 10.1. The first-order valence-corrected chi connectivity index (χ1v) is 6.43. The number of aromatic nitrogens is 2. The summed E-state index contributed by atoms with van der Waals surface area (Å²) in [6, 6.07) is 8.22. The molecule has 1 aromatic carbocycles. The summed E-state index contributed by atoms with van der Waals surface area (Å²) in [4.78, 5) is 0. The molecule has 0 aliphatic carbocycles. The number of aryl methyl sites for hydroxylation is 2. The van der Waals surface area contributed by atoms with Gasteiger partial charge in [0.25, 0.3) is 0 Å². The van der Waals surface area contributed by atoms with E-state index in [1.807, 2.05) is 30.8 Å². The maximum atomic E-state index is 5.22. The summed E-state index contributed by atoms with van der Waals surface area (Å²) in [5, 5.41) is 7.91. The highest BCUT2D eigenvalue weighted by atomic mass is 16.5. The van der Waals surface area contributed by atoms with Gasteiger partial charge in [0.2, 0.25) is 0 Å². The lowest BCUT2D eigenvalue weighted by Gasteiger charge is -2.11. The van der Waals surface area contributed by atoms with Gasteiger partial charge in [-0.05, 0) is 19.9 Å².